The zero-order valence-electron chi connectivity index (χ0n) is 10.5. The summed E-state index contributed by atoms with van der Waals surface area (Å²) in [6, 6.07) is 6.08. The Balaban J connectivity index is 2.78. The van der Waals surface area contributed by atoms with Gasteiger partial charge >= 0.3 is 0 Å². The van der Waals surface area contributed by atoms with Gasteiger partial charge in [0.25, 0.3) is 0 Å². The lowest BCUT2D eigenvalue weighted by Crippen LogP contribution is -2.26. The number of methoxy groups -OCH3 is 1. The summed E-state index contributed by atoms with van der Waals surface area (Å²) in [4.78, 5) is 0. The lowest BCUT2D eigenvalue weighted by molar-refractivity contribution is 0.210. The molecule has 0 aliphatic rings. The van der Waals surface area contributed by atoms with Crippen LogP contribution in [-0.4, -0.2) is 26.8 Å². The summed E-state index contributed by atoms with van der Waals surface area (Å²) in [5.74, 6) is 1.62. The molecule has 0 radical (unpaired) electrons. The fraction of sp³-hybridized carbons (Fsp3) is 0.538. The predicted octanol–water partition coefficient (Wildman–Crippen LogP) is 2.24. The molecule has 0 aliphatic carbocycles. The van der Waals surface area contributed by atoms with Gasteiger partial charge in [-0.15, -0.1) is 0 Å². The fourth-order valence-corrected chi connectivity index (χ4v) is 1.58. The van der Waals surface area contributed by atoms with Crippen LogP contribution < -0.4 is 14.8 Å². The van der Waals surface area contributed by atoms with Crippen molar-refractivity contribution in [1.29, 1.82) is 0 Å². The number of nitrogens with one attached hydrogen (secondary N) is 1. The number of likely N-dealkylation sites (N-methyl/N-ethyl adjacent to an activating group) is 1. The molecule has 3 nitrogen and oxygen atoms in total. The van der Waals surface area contributed by atoms with E-state index in [-0.39, 0.29) is 6.10 Å². The molecule has 0 saturated carbocycles. The average molecular weight is 223 g/mol. The van der Waals surface area contributed by atoms with E-state index >= 15 is 0 Å². The molecule has 16 heavy (non-hydrogen) atoms. The summed E-state index contributed by atoms with van der Waals surface area (Å²) < 4.78 is 11.1. The molecular formula is C13H21NO2. The van der Waals surface area contributed by atoms with Crippen LogP contribution in [0, 0.1) is 0 Å². The van der Waals surface area contributed by atoms with Gasteiger partial charge in [0.1, 0.15) is 6.10 Å². The Bertz CT molecular complexity index is 326. The van der Waals surface area contributed by atoms with Crippen LogP contribution >= 0.6 is 0 Å². The van der Waals surface area contributed by atoms with E-state index < -0.39 is 0 Å². The number of hydrogen-bond donors (Lipinski definition) is 1. The summed E-state index contributed by atoms with van der Waals surface area (Å²) in [5.41, 5.74) is 1.26. The van der Waals surface area contributed by atoms with Gasteiger partial charge in [0.2, 0.25) is 0 Å². The smallest absolute Gasteiger partial charge is 0.161 e. The molecule has 1 rings (SSSR count). The summed E-state index contributed by atoms with van der Waals surface area (Å²) in [7, 11) is 3.58. The Kier molecular flexibility index (Phi) is 5.12. The fourth-order valence-electron chi connectivity index (χ4n) is 1.58. The highest BCUT2D eigenvalue weighted by Crippen LogP contribution is 2.28. The Morgan fingerprint density at radius 3 is 2.62 bits per heavy atom. The van der Waals surface area contributed by atoms with Crippen LogP contribution in [-0.2, 0) is 6.42 Å². The second-order valence-corrected chi connectivity index (χ2v) is 3.82. The second-order valence-electron chi connectivity index (χ2n) is 3.82. The molecule has 0 aromatic heterocycles. The Labute approximate surface area is 97.8 Å². The normalized spacial score (nSPS) is 12.2. The standard InChI is InChI=1S/C13H21NO2/c1-5-11-6-7-12(13(8-11)15-4)16-10(2)9-14-3/h6-8,10,14H,5,9H2,1-4H3. The molecule has 1 N–H and O–H groups in total. The van der Waals surface area contributed by atoms with Crippen molar-refractivity contribution in [2.45, 2.75) is 26.4 Å². The third-order valence-corrected chi connectivity index (χ3v) is 2.46. The molecule has 1 aromatic rings. The minimum atomic E-state index is 0.131. The van der Waals surface area contributed by atoms with Gasteiger partial charge < -0.3 is 14.8 Å². The first-order valence-corrected chi connectivity index (χ1v) is 5.69. The van der Waals surface area contributed by atoms with Crippen molar-refractivity contribution < 1.29 is 9.47 Å². The molecule has 1 aromatic carbocycles. The molecule has 90 valence electrons. The minimum Gasteiger partial charge on any atom is -0.493 e. The molecule has 0 spiro atoms. The van der Waals surface area contributed by atoms with Crippen LogP contribution in [0.5, 0.6) is 11.5 Å². The van der Waals surface area contributed by atoms with Gasteiger partial charge in [0, 0.05) is 6.54 Å². The molecular weight excluding hydrogens is 202 g/mol. The molecule has 0 amide bonds. The van der Waals surface area contributed by atoms with Crippen molar-refractivity contribution in [2.24, 2.45) is 0 Å². The first kappa shape index (κ1) is 12.8. The van der Waals surface area contributed by atoms with Crippen molar-refractivity contribution >= 4 is 0 Å². The maximum absolute atomic E-state index is 5.79. The van der Waals surface area contributed by atoms with Crippen molar-refractivity contribution in [3.8, 4) is 11.5 Å². The molecule has 3 heteroatoms. The van der Waals surface area contributed by atoms with Crippen molar-refractivity contribution in [3.63, 3.8) is 0 Å². The first-order valence-electron chi connectivity index (χ1n) is 5.69. The number of ether oxygens (including phenoxy) is 2. The summed E-state index contributed by atoms with van der Waals surface area (Å²) in [6.07, 6.45) is 1.13. The maximum Gasteiger partial charge on any atom is 0.161 e. The van der Waals surface area contributed by atoms with E-state index in [0.717, 1.165) is 24.5 Å². The van der Waals surface area contributed by atoms with E-state index in [1.165, 1.54) is 5.56 Å². The molecule has 0 heterocycles. The molecule has 0 aliphatic heterocycles. The molecule has 1 atom stereocenters. The van der Waals surface area contributed by atoms with Gasteiger partial charge in [-0.05, 0) is 38.1 Å². The van der Waals surface area contributed by atoms with E-state index in [1.807, 2.05) is 26.1 Å². The second kappa shape index (κ2) is 6.38. The van der Waals surface area contributed by atoms with Crippen LogP contribution in [0.4, 0.5) is 0 Å². The van der Waals surface area contributed by atoms with Crippen LogP contribution in [0.2, 0.25) is 0 Å². The highest BCUT2D eigenvalue weighted by molar-refractivity contribution is 5.43. The molecule has 0 bridgehead atoms. The highest BCUT2D eigenvalue weighted by Gasteiger charge is 2.08. The van der Waals surface area contributed by atoms with E-state index in [0.29, 0.717) is 0 Å². The number of hydrogen-bond acceptors (Lipinski definition) is 3. The van der Waals surface area contributed by atoms with Gasteiger partial charge in [-0.1, -0.05) is 13.0 Å². The third-order valence-electron chi connectivity index (χ3n) is 2.46. The van der Waals surface area contributed by atoms with Crippen molar-refractivity contribution in [2.75, 3.05) is 20.7 Å². The van der Waals surface area contributed by atoms with Gasteiger partial charge in [-0.3, -0.25) is 0 Å². The zero-order valence-corrected chi connectivity index (χ0v) is 10.5. The summed E-state index contributed by atoms with van der Waals surface area (Å²) in [5, 5.41) is 3.08. The van der Waals surface area contributed by atoms with Gasteiger partial charge in [-0.2, -0.15) is 0 Å². The predicted molar refractivity (Wildman–Crippen MR) is 66.4 cm³/mol. The van der Waals surface area contributed by atoms with Crippen LogP contribution in [0.3, 0.4) is 0 Å². The molecule has 0 fully saturated rings. The summed E-state index contributed by atoms with van der Waals surface area (Å²) in [6.45, 7) is 4.97. The largest absolute Gasteiger partial charge is 0.493 e. The molecule has 0 saturated heterocycles. The van der Waals surface area contributed by atoms with E-state index in [1.54, 1.807) is 7.11 Å². The van der Waals surface area contributed by atoms with Gasteiger partial charge in [0.15, 0.2) is 11.5 Å². The van der Waals surface area contributed by atoms with Crippen LogP contribution in [0.1, 0.15) is 19.4 Å². The quantitative estimate of drug-likeness (QED) is 0.802. The third kappa shape index (κ3) is 3.42. The minimum absolute atomic E-state index is 0.131. The topological polar surface area (TPSA) is 30.5 Å². The van der Waals surface area contributed by atoms with Crippen LogP contribution in [0.15, 0.2) is 18.2 Å². The van der Waals surface area contributed by atoms with Gasteiger partial charge in [-0.25, -0.2) is 0 Å². The monoisotopic (exact) mass is 223 g/mol. The average Bonchev–Trinajstić information content (AvgIpc) is 2.30. The number of benzene rings is 1. The van der Waals surface area contributed by atoms with Crippen LogP contribution in [0.25, 0.3) is 0 Å². The Morgan fingerprint density at radius 2 is 2.06 bits per heavy atom. The Hall–Kier alpha value is -1.22. The highest BCUT2D eigenvalue weighted by atomic mass is 16.5. The van der Waals surface area contributed by atoms with Gasteiger partial charge in [0.05, 0.1) is 7.11 Å². The van der Waals surface area contributed by atoms with E-state index in [9.17, 15) is 0 Å². The molecule has 1 unspecified atom stereocenters. The Morgan fingerprint density at radius 1 is 1.31 bits per heavy atom. The number of aryl methyl sites for hydroxylation is 1. The number of rotatable bonds is 6. The summed E-state index contributed by atoms with van der Waals surface area (Å²) >= 11 is 0. The lowest BCUT2D eigenvalue weighted by Gasteiger charge is -2.17. The van der Waals surface area contributed by atoms with E-state index in [2.05, 4.69) is 18.3 Å². The van der Waals surface area contributed by atoms with E-state index in [4.69, 9.17) is 9.47 Å². The van der Waals surface area contributed by atoms with Crippen molar-refractivity contribution in [1.82, 2.24) is 5.32 Å². The first-order chi connectivity index (χ1) is 7.71. The lowest BCUT2D eigenvalue weighted by atomic mass is 10.1. The zero-order chi connectivity index (χ0) is 12.0. The maximum atomic E-state index is 5.79. The SMILES string of the molecule is CCc1ccc(OC(C)CNC)c(OC)c1. The van der Waals surface area contributed by atoms with Crippen molar-refractivity contribution in [3.05, 3.63) is 23.8 Å².